The quantitative estimate of drug-likeness (QED) is 0.603. The first-order valence-corrected chi connectivity index (χ1v) is 6.19. The molecule has 2 saturated heterocycles. The number of hydrogen-bond acceptors (Lipinski definition) is 3. The van der Waals surface area contributed by atoms with Crippen molar-refractivity contribution in [2.75, 3.05) is 32.7 Å². The molecule has 2 atom stereocenters. The smallest absolute Gasteiger partial charge is 0.0946 e. The van der Waals surface area contributed by atoms with Crippen LogP contribution in [-0.4, -0.2) is 55.4 Å². The minimum absolute atomic E-state index is 0.370. The summed E-state index contributed by atoms with van der Waals surface area (Å²) in [4.78, 5) is 2.57. The van der Waals surface area contributed by atoms with Gasteiger partial charge in [-0.25, -0.2) is 5.32 Å². The Labute approximate surface area is 91.8 Å². The third-order valence-corrected chi connectivity index (χ3v) is 3.92. The van der Waals surface area contributed by atoms with Gasteiger partial charge in [0.25, 0.3) is 0 Å². The van der Waals surface area contributed by atoms with Crippen LogP contribution in [0.2, 0.25) is 0 Å². The molecule has 0 bridgehead atoms. The fourth-order valence-electron chi connectivity index (χ4n) is 2.98. The lowest BCUT2D eigenvalue weighted by molar-refractivity contribution is 0.0696. The van der Waals surface area contributed by atoms with Gasteiger partial charge in [-0.3, -0.25) is 4.90 Å². The van der Waals surface area contributed by atoms with Gasteiger partial charge >= 0.3 is 0 Å². The number of rotatable bonds is 1. The summed E-state index contributed by atoms with van der Waals surface area (Å²) in [6, 6.07) is 0.617. The molecule has 3 fully saturated rings. The molecule has 0 aromatic carbocycles. The second-order valence-corrected chi connectivity index (χ2v) is 5.21. The van der Waals surface area contributed by atoms with Gasteiger partial charge in [0.05, 0.1) is 6.17 Å². The van der Waals surface area contributed by atoms with Gasteiger partial charge < -0.3 is 10.6 Å². The molecule has 2 unspecified atom stereocenters. The molecule has 4 nitrogen and oxygen atoms in total. The van der Waals surface area contributed by atoms with Gasteiger partial charge in [0.15, 0.2) is 0 Å². The average molecular weight is 209 g/mol. The molecule has 0 amide bonds. The van der Waals surface area contributed by atoms with Crippen molar-refractivity contribution in [3.63, 3.8) is 0 Å². The molecule has 2 heterocycles. The Bertz CT molecular complexity index is 239. The molecule has 85 valence electrons. The second kappa shape index (κ2) is 3.70. The summed E-state index contributed by atoms with van der Waals surface area (Å²) in [7, 11) is 0. The lowest BCUT2D eigenvalue weighted by atomic mass is 10.1. The van der Waals surface area contributed by atoms with Crippen molar-refractivity contribution in [2.45, 2.75) is 37.5 Å². The number of piperazine rings is 2. The summed E-state index contributed by atoms with van der Waals surface area (Å²) < 4.78 is 0. The van der Waals surface area contributed by atoms with Crippen LogP contribution in [0.1, 0.15) is 19.8 Å². The summed E-state index contributed by atoms with van der Waals surface area (Å²) in [5.41, 5.74) is 0.370. The first-order chi connectivity index (χ1) is 7.30. The van der Waals surface area contributed by atoms with E-state index in [0.29, 0.717) is 17.7 Å². The van der Waals surface area contributed by atoms with Crippen molar-refractivity contribution < 1.29 is 0 Å². The van der Waals surface area contributed by atoms with E-state index in [0.717, 1.165) is 32.7 Å². The monoisotopic (exact) mass is 209 g/mol. The zero-order valence-corrected chi connectivity index (χ0v) is 9.50. The van der Waals surface area contributed by atoms with E-state index in [4.69, 9.17) is 5.32 Å². The summed E-state index contributed by atoms with van der Waals surface area (Å²) in [6.07, 6.45) is 3.09. The Morgan fingerprint density at radius 2 is 2.20 bits per heavy atom. The largest absolute Gasteiger partial charge is 0.312 e. The Morgan fingerprint density at radius 1 is 1.33 bits per heavy atom. The van der Waals surface area contributed by atoms with E-state index >= 15 is 0 Å². The molecule has 0 aromatic rings. The van der Waals surface area contributed by atoms with E-state index < -0.39 is 0 Å². The normalized spacial score (nSPS) is 40.6. The fourth-order valence-corrected chi connectivity index (χ4v) is 2.98. The maximum absolute atomic E-state index is 4.84. The van der Waals surface area contributed by atoms with Gasteiger partial charge in [-0.15, -0.1) is 0 Å². The van der Waals surface area contributed by atoms with Gasteiger partial charge in [-0.2, -0.15) is 0 Å². The van der Waals surface area contributed by atoms with Crippen LogP contribution in [0.15, 0.2) is 0 Å². The molecular formula is C11H21N4. The SMILES string of the molecule is CC1CN(C2[N]CCNC23CC3)CCN1. The Kier molecular flexibility index (Phi) is 2.47. The first kappa shape index (κ1) is 10.0. The zero-order valence-electron chi connectivity index (χ0n) is 9.50. The molecule has 1 radical (unpaired) electrons. The van der Waals surface area contributed by atoms with E-state index in [1.807, 2.05) is 0 Å². The Morgan fingerprint density at radius 3 is 2.93 bits per heavy atom. The summed E-state index contributed by atoms with van der Waals surface area (Å²) in [6.45, 7) is 7.76. The predicted octanol–water partition coefficient (Wildman–Crippen LogP) is -0.654. The van der Waals surface area contributed by atoms with Crippen molar-refractivity contribution in [1.82, 2.24) is 20.9 Å². The van der Waals surface area contributed by atoms with Gasteiger partial charge in [0.2, 0.25) is 0 Å². The molecule has 1 spiro atoms. The zero-order chi connectivity index (χ0) is 10.3. The van der Waals surface area contributed by atoms with E-state index in [1.165, 1.54) is 12.8 Å². The highest BCUT2D eigenvalue weighted by molar-refractivity contribution is 5.12. The summed E-state index contributed by atoms with van der Waals surface area (Å²) in [5.74, 6) is 0. The topological polar surface area (TPSA) is 41.4 Å². The standard InChI is InChI=1S/C11H21N4/c1-9-8-15(7-6-12-9)10-11(2-3-11)14-5-4-13-10/h9-10,12,14H,2-8H2,1H3. The van der Waals surface area contributed by atoms with Crippen LogP contribution in [0, 0.1) is 0 Å². The highest BCUT2D eigenvalue weighted by Crippen LogP contribution is 2.41. The molecule has 3 rings (SSSR count). The van der Waals surface area contributed by atoms with Crippen LogP contribution in [-0.2, 0) is 0 Å². The van der Waals surface area contributed by atoms with Crippen LogP contribution in [0.3, 0.4) is 0 Å². The fraction of sp³-hybridized carbons (Fsp3) is 1.00. The van der Waals surface area contributed by atoms with Crippen molar-refractivity contribution in [2.24, 2.45) is 0 Å². The van der Waals surface area contributed by atoms with E-state index in [2.05, 4.69) is 22.5 Å². The summed E-state index contributed by atoms with van der Waals surface area (Å²) in [5, 5.41) is 12.0. The maximum atomic E-state index is 4.84. The predicted molar refractivity (Wildman–Crippen MR) is 59.8 cm³/mol. The van der Waals surface area contributed by atoms with Crippen molar-refractivity contribution in [3.05, 3.63) is 0 Å². The minimum atomic E-state index is 0.370. The van der Waals surface area contributed by atoms with Gasteiger partial charge in [-0.05, 0) is 19.8 Å². The van der Waals surface area contributed by atoms with E-state index in [1.54, 1.807) is 0 Å². The van der Waals surface area contributed by atoms with Gasteiger partial charge in [0, 0.05) is 44.3 Å². The van der Waals surface area contributed by atoms with Crippen molar-refractivity contribution in [3.8, 4) is 0 Å². The number of nitrogens with one attached hydrogen (secondary N) is 2. The maximum Gasteiger partial charge on any atom is 0.0946 e. The Balaban J connectivity index is 1.69. The van der Waals surface area contributed by atoms with Crippen LogP contribution in [0.4, 0.5) is 0 Å². The third-order valence-electron chi connectivity index (χ3n) is 3.92. The molecule has 3 aliphatic rings. The third kappa shape index (κ3) is 1.80. The van der Waals surface area contributed by atoms with Crippen LogP contribution in [0.5, 0.6) is 0 Å². The molecule has 1 saturated carbocycles. The van der Waals surface area contributed by atoms with E-state index in [9.17, 15) is 0 Å². The van der Waals surface area contributed by atoms with Gasteiger partial charge in [-0.1, -0.05) is 0 Å². The highest BCUT2D eigenvalue weighted by atomic mass is 15.4. The van der Waals surface area contributed by atoms with Gasteiger partial charge in [0.1, 0.15) is 0 Å². The highest BCUT2D eigenvalue weighted by Gasteiger charge is 2.53. The van der Waals surface area contributed by atoms with Crippen molar-refractivity contribution >= 4 is 0 Å². The molecule has 0 aromatic heterocycles. The first-order valence-electron chi connectivity index (χ1n) is 6.19. The number of hydrogen-bond donors (Lipinski definition) is 2. The van der Waals surface area contributed by atoms with E-state index in [-0.39, 0.29) is 0 Å². The molecular weight excluding hydrogens is 188 g/mol. The number of nitrogens with zero attached hydrogens (tertiary/aromatic N) is 2. The lowest BCUT2D eigenvalue weighted by Gasteiger charge is -2.44. The Hall–Kier alpha value is -0.160. The van der Waals surface area contributed by atoms with Crippen LogP contribution in [0.25, 0.3) is 0 Å². The molecule has 2 N–H and O–H groups in total. The molecule has 4 heteroatoms. The second-order valence-electron chi connectivity index (χ2n) is 5.21. The molecule has 2 aliphatic heterocycles. The lowest BCUT2D eigenvalue weighted by Crippen LogP contribution is -2.66. The molecule has 1 aliphatic carbocycles. The molecule has 15 heavy (non-hydrogen) atoms. The van der Waals surface area contributed by atoms with Crippen molar-refractivity contribution in [1.29, 1.82) is 0 Å². The summed E-state index contributed by atoms with van der Waals surface area (Å²) >= 11 is 0. The van der Waals surface area contributed by atoms with Crippen LogP contribution < -0.4 is 16.0 Å². The van der Waals surface area contributed by atoms with Crippen LogP contribution >= 0.6 is 0 Å². The average Bonchev–Trinajstić information content (AvgIpc) is 2.99. The minimum Gasteiger partial charge on any atom is -0.312 e.